The highest BCUT2D eigenvalue weighted by Crippen LogP contribution is 2.30. The summed E-state index contributed by atoms with van der Waals surface area (Å²) in [6.45, 7) is 5.37. The lowest BCUT2D eigenvalue weighted by atomic mass is 10.1. The van der Waals surface area contributed by atoms with E-state index < -0.39 is 22.0 Å². The molecular weight excluding hydrogens is 380 g/mol. The second-order valence-electron chi connectivity index (χ2n) is 6.56. The first-order valence-electron chi connectivity index (χ1n) is 8.68. The van der Waals surface area contributed by atoms with Gasteiger partial charge in [-0.1, -0.05) is 6.07 Å². The Morgan fingerprint density at radius 2 is 1.71 bits per heavy atom. The third-order valence-corrected chi connectivity index (χ3v) is 5.74. The van der Waals surface area contributed by atoms with E-state index in [1.807, 2.05) is 19.9 Å². The predicted octanol–water partition coefficient (Wildman–Crippen LogP) is 3.11. The van der Waals surface area contributed by atoms with Crippen LogP contribution in [0, 0.1) is 13.8 Å². The molecule has 2 aromatic rings. The lowest BCUT2D eigenvalue weighted by Crippen LogP contribution is -2.45. The first kappa shape index (κ1) is 21.6. The quantitative estimate of drug-likeness (QED) is 0.764. The average Bonchev–Trinajstić information content (AvgIpc) is 2.63. The fourth-order valence-corrected chi connectivity index (χ4v) is 3.99. The van der Waals surface area contributed by atoms with E-state index in [1.54, 1.807) is 30.3 Å². The Kier molecular flexibility index (Phi) is 6.56. The molecule has 0 radical (unpaired) electrons. The average molecular weight is 407 g/mol. The molecule has 152 valence electrons. The minimum absolute atomic E-state index is 0.396. The zero-order valence-electron chi connectivity index (χ0n) is 16.9. The molecule has 1 atom stereocenters. The van der Waals surface area contributed by atoms with Crippen molar-refractivity contribution < 1.29 is 22.7 Å². The molecule has 8 heteroatoms. The van der Waals surface area contributed by atoms with Crippen LogP contribution in [-0.2, 0) is 14.8 Å². The summed E-state index contributed by atoms with van der Waals surface area (Å²) in [6.07, 6.45) is 1.08. The Labute approximate surface area is 166 Å². The van der Waals surface area contributed by atoms with Gasteiger partial charge in [-0.05, 0) is 56.2 Å². The molecule has 0 fully saturated rings. The largest absolute Gasteiger partial charge is 0.497 e. The van der Waals surface area contributed by atoms with Gasteiger partial charge >= 0.3 is 0 Å². The Bertz CT molecular complexity index is 973. The number of sulfonamides is 1. The number of aryl methyl sites for hydroxylation is 2. The van der Waals surface area contributed by atoms with Crippen molar-refractivity contribution in [2.24, 2.45) is 0 Å². The van der Waals surface area contributed by atoms with Crippen LogP contribution in [0.5, 0.6) is 11.5 Å². The van der Waals surface area contributed by atoms with E-state index in [4.69, 9.17) is 9.47 Å². The third-order valence-electron chi connectivity index (χ3n) is 4.50. The number of benzene rings is 2. The van der Waals surface area contributed by atoms with Crippen LogP contribution in [0.25, 0.3) is 0 Å². The summed E-state index contributed by atoms with van der Waals surface area (Å²) in [5.41, 5.74) is 2.81. The fraction of sp³-hybridized carbons (Fsp3) is 0.350. The summed E-state index contributed by atoms with van der Waals surface area (Å²) in [6, 6.07) is 9.29. The Morgan fingerprint density at radius 1 is 1.04 bits per heavy atom. The van der Waals surface area contributed by atoms with Crippen molar-refractivity contribution in [2.75, 3.05) is 30.1 Å². The maximum Gasteiger partial charge on any atom is 0.248 e. The molecule has 28 heavy (non-hydrogen) atoms. The van der Waals surface area contributed by atoms with Crippen LogP contribution >= 0.6 is 0 Å². The number of methoxy groups -OCH3 is 2. The molecule has 0 heterocycles. The lowest BCUT2D eigenvalue weighted by Gasteiger charge is -2.29. The second-order valence-corrected chi connectivity index (χ2v) is 8.42. The van der Waals surface area contributed by atoms with Crippen LogP contribution in [0.3, 0.4) is 0 Å². The molecule has 0 saturated carbocycles. The van der Waals surface area contributed by atoms with E-state index >= 15 is 0 Å². The van der Waals surface area contributed by atoms with Crippen LogP contribution in [0.1, 0.15) is 18.1 Å². The number of carbonyl (C=O) groups excluding carboxylic acids is 1. The number of nitrogens with one attached hydrogen (secondary N) is 1. The molecule has 1 N–H and O–H groups in total. The Balaban J connectivity index is 2.38. The molecule has 0 saturated heterocycles. The number of nitrogens with zero attached hydrogens (tertiary/aromatic N) is 1. The highest BCUT2D eigenvalue weighted by Gasteiger charge is 2.30. The molecule has 7 nitrogen and oxygen atoms in total. The molecule has 0 bridgehead atoms. The summed E-state index contributed by atoms with van der Waals surface area (Å²) in [5.74, 6) is 0.492. The van der Waals surface area contributed by atoms with Crippen molar-refractivity contribution in [3.63, 3.8) is 0 Å². The topological polar surface area (TPSA) is 84.9 Å². The van der Waals surface area contributed by atoms with Gasteiger partial charge in [-0.15, -0.1) is 0 Å². The maximum absolute atomic E-state index is 12.9. The van der Waals surface area contributed by atoms with Gasteiger partial charge < -0.3 is 14.8 Å². The van der Waals surface area contributed by atoms with Crippen LogP contribution in [-0.4, -0.2) is 40.8 Å². The molecular formula is C20H26N2O5S. The monoisotopic (exact) mass is 406 g/mol. The third kappa shape index (κ3) is 4.75. The summed E-state index contributed by atoms with van der Waals surface area (Å²) in [4.78, 5) is 12.9. The number of carbonyl (C=O) groups is 1. The molecule has 0 unspecified atom stereocenters. The van der Waals surface area contributed by atoms with E-state index in [0.717, 1.165) is 21.7 Å². The van der Waals surface area contributed by atoms with Gasteiger partial charge in [-0.2, -0.15) is 0 Å². The molecule has 2 aromatic carbocycles. The highest BCUT2D eigenvalue weighted by molar-refractivity contribution is 7.92. The van der Waals surface area contributed by atoms with Crippen LogP contribution < -0.4 is 19.1 Å². The molecule has 2 rings (SSSR count). The van der Waals surface area contributed by atoms with Gasteiger partial charge in [0, 0.05) is 6.07 Å². The molecule has 0 aliphatic rings. The second kappa shape index (κ2) is 8.52. The van der Waals surface area contributed by atoms with Crippen LogP contribution in [0.4, 0.5) is 11.4 Å². The number of hydrogen-bond donors (Lipinski definition) is 1. The highest BCUT2D eigenvalue weighted by atomic mass is 32.2. The fourth-order valence-electron chi connectivity index (χ4n) is 2.82. The van der Waals surface area contributed by atoms with Crippen LogP contribution in [0.15, 0.2) is 36.4 Å². The number of hydrogen-bond acceptors (Lipinski definition) is 5. The van der Waals surface area contributed by atoms with E-state index in [0.29, 0.717) is 22.9 Å². The lowest BCUT2D eigenvalue weighted by molar-refractivity contribution is -0.116. The molecule has 0 aromatic heterocycles. The first-order chi connectivity index (χ1) is 13.1. The van der Waals surface area contributed by atoms with Gasteiger partial charge in [-0.25, -0.2) is 8.42 Å². The van der Waals surface area contributed by atoms with Crippen molar-refractivity contribution >= 4 is 27.3 Å². The minimum atomic E-state index is -3.70. The number of ether oxygens (including phenoxy) is 2. The van der Waals surface area contributed by atoms with Gasteiger partial charge in [0.15, 0.2) is 0 Å². The van der Waals surface area contributed by atoms with E-state index in [9.17, 15) is 13.2 Å². The summed E-state index contributed by atoms with van der Waals surface area (Å²) in [7, 11) is -0.696. The molecule has 1 amide bonds. The van der Waals surface area contributed by atoms with Crippen molar-refractivity contribution in [3.05, 3.63) is 47.5 Å². The van der Waals surface area contributed by atoms with Crippen molar-refractivity contribution in [2.45, 2.75) is 26.8 Å². The zero-order valence-corrected chi connectivity index (χ0v) is 17.8. The number of amides is 1. The smallest absolute Gasteiger partial charge is 0.248 e. The van der Waals surface area contributed by atoms with Gasteiger partial charge in [0.05, 0.1) is 31.9 Å². The van der Waals surface area contributed by atoms with Gasteiger partial charge in [0.1, 0.15) is 17.5 Å². The van der Waals surface area contributed by atoms with Crippen molar-refractivity contribution in [1.29, 1.82) is 0 Å². The van der Waals surface area contributed by atoms with Crippen molar-refractivity contribution in [1.82, 2.24) is 0 Å². The zero-order chi connectivity index (χ0) is 21.1. The Morgan fingerprint density at radius 3 is 2.25 bits per heavy atom. The predicted molar refractivity (Wildman–Crippen MR) is 111 cm³/mol. The first-order valence-corrected chi connectivity index (χ1v) is 10.5. The Hall–Kier alpha value is -2.74. The molecule has 0 aliphatic carbocycles. The number of rotatable bonds is 7. The minimum Gasteiger partial charge on any atom is -0.497 e. The summed E-state index contributed by atoms with van der Waals surface area (Å²) in [5, 5.41) is 2.73. The molecule has 0 spiro atoms. The van der Waals surface area contributed by atoms with Gasteiger partial charge in [-0.3, -0.25) is 9.10 Å². The van der Waals surface area contributed by atoms with E-state index in [2.05, 4.69) is 5.32 Å². The normalized spacial score (nSPS) is 12.2. The molecule has 0 aliphatic heterocycles. The van der Waals surface area contributed by atoms with Crippen molar-refractivity contribution in [3.8, 4) is 11.5 Å². The van der Waals surface area contributed by atoms with Gasteiger partial charge in [0.25, 0.3) is 0 Å². The summed E-state index contributed by atoms with van der Waals surface area (Å²) < 4.78 is 36.5. The van der Waals surface area contributed by atoms with E-state index in [1.165, 1.54) is 21.1 Å². The van der Waals surface area contributed by atoms with Crippen LogP contribution in [0.2, 0.25) is 0 Å². The SMILES string of the molecule is COc1ccc(OC)c(NC(=O)[C@@H](C)N(c2ccc(C)c(C)c2)S(C)(=O)=O)c1. The van der Waals surface area contributed by atoms with Gasteiger partial charge in [0.2, 0.25) is 15.9 Å². The standard InChI is InChI=1S/C20H26N2O5S/c1-13-7-8-16(11-14(13)2)22(28(6,24)25)15(3)20(23)21-18-12-17(26-4)9-10-19(18)27-5/h7-12,15H,1-6H3,(H,21,23)/t15-/m1/s1. The maximum atomic E-state index is 12.9. The van der Waals surface area contributed by atoms with E-state index in [-0.39, 0.29) is 0 Å². The summed E-state index contributed by atoms with van der Waals surface area (Å²) >= 11 is 0. The number of anilines is 2.